The maximum atomic E-state index is 13.3. The standard InChI is InChI=1S/C21H20N.C18H13FN.C18H14N.3C12H10N.3Ir/c1-16(2)13-17-7-6-10-19(14-17)20-11-12-22-21(15-20)18-8-4-3-5-9-18;1-13-11-15(7-8-17(13)19)16-9-10-20-18(12-16)14-5-3-2-4-6-14;1-14-7-9-15(10-8-14)17-11-12-19-18(13-17)16-5-3-2-4-6-16;3*1-10-7-8-12(13-9-10)11-5-3-2-4-6-11;;;/h3-8,10-12,14-16H,13H2,1-2H3;2-5,7-12H,1H3;2-5,7-13H,1H3;3*2-5,7-9H,1H3;;;/q6*-1;;;/i1D3,13D2,16D;;;3*1D3;;;. The van der Waals surface area contributed by atoms with Crippen molar-refractivity contribution < 1.29 is 85.3 Å². The molecule has 6 aromatic heterocycles. The van der Waals surface area contributed by atoms with Crippen LogP contribution in [0.1, 0.15) is 67.7 Å². The molecule has 0 aliphatic rings. The topological polar surface area (TPSA) is 77.3 Å². The summed E-state index contributed by atoms with van der Waals surface area (Å²) in [6.45, 7) is -4.06. The van der Waals surface area contributed by atoms with Gasteiger partial charge in [-0.05, 0) is 172 Å². The quantitative estimate of drug-likeness (QED) is 0.120. The van der Waals surface area contributed by atoms with Crippen LogP contribution in [0.5, 0.6) is 0 Å². The first-order chi connectivity index (χ1) is 54.8. The molecule has 6 nitrogen and oxygen atoms in total. The molecule has 6 heterocycles. The molecule has 15 rings (SSSR count). The molecule has 0 amide bonds. The van der Waals surface area contributed by atoms with Gasteiger partial charge in [-0.2, -0.15) is 0 Å². The summed E-state index contributed by atoms with van der Waals surface area (Å²) < 4.78 is 126. The van der Waals surface area contributed by atoms with Crippen LogP contribution in [0, 0.1) is 82.5 Å². The number of benzene rings is 9. The Balaban J connectivity index is 0.000000197. The van der Waals surface area contributed by atoms with Crippen LogP contribution in [-0.4, -0.2) is 29.9 Å². The van der Waals surface area contributed by atoms with Gasteiger partial charge in [-0.1, -0.05) is 129 Å². The van der Waals surface area contributed by atoms with E-state index in [0.29, 0.717) is 5.56 Å². The SMILES string of the molecule is Cc1cc(-c2ccnc(-c3[c-]cccc3)c2)ccc1F.Cc1ccc(-c2ccnc(-c3[c-]cccc3)c2)cc1.[2H]C([2H])([2H])C([2H])(C)C([2H])([2H])c1cccc(-c2ccnc(-c3[c-]cccc3)c2)c1.[2H]C([2H])([2H])c1ccc(-c2[c-]cccc2)nc1.[2H]C([2H])([2H])c1ccc(-c2[c-]cccc2)nc1.[2H]C([2H])([2H])c1ccc(-c2[c-]cccc2)nc1.[Ir].[Ir].[Ir]. The molecule has 0 fully saturated rings. The van der Waals surface area contributed by atoms with Gasteiger partial charge in [0.25, 0.3) is 0 Å². The molecular formula is C93H77FIr3N6-6. The minimum absolute atomic E-state index is 0. The fraction of sp³-hybridized carbons (Fsp3) is 0.0968. The summed E-state index contributed by atoms with van der Waals surface area (Å²) in [5.41, 5.74) is 18.9. The molecule has 0 saturated heterocycles. The van der Waals surface area contributed by atoms with E-state index in [2.05, 4.69) is 104 Å². The summed E-state index contributed by atoms with van der Waals surface area (Å²) in [5.74, 6) is -2.47. The molecule has 15 aromatic rings. The van der Waals surface area contributed by atoms with Crippen LogP contribution in [-0.2, 0) is 66.7 Å². The largest absolute Gasteiger partial charge is 0.305 e. The van der Waals surface area contributed by atoms with Crippen LogP contribution in [0.3, 0.4) is 0 Å². The molecule has 0 aliphatic carbocycles. The van der Waals surface area contributed by atoms with Gasteiger partial charge in [0.2, 0.25) is 0 Å². The molecular weight excluding hydrogens is 1800 g/mol. The van der Waals surface area contributed by atoms with Crippen LogP contribution in [0.4, 0.5) is 4.39 Å². The molecule has 103 heavy (non-hydrogen) atoms. The van der Waals surface area contributed by atoms with Crippen LogP contribution in [0.2, 0.25) is 0 Å². The molecule has 0 bridgehead atoms. The molecule has 3 radical (unpaired) electrons. The van der Waals surface area contributed by atoms with Crippen molar-refractivity contribution in [1.29, 1.82) is 0 Å². The predicted molar refractivity (Wildman–Crippen MR) is 410 cm³/mol. The second-order valence-electron chi connectivity index (χ2n) is 22.4. The monoisotopic (exact) mass is 1890 g/mol. The van der Waals surface area contributed by atoms with E-state index in [1.165, 1.54) is 47.4 Å². The second-order valence-corrected chi connectivity index (χ2v) is 22.4. The van der Waals surface area contributed by atoms with E-state index in [0.717, 1.165) is 96.7 Å². The molecule has 0 spiro atoms. The zero-order valence-corrected chi connectivity index (χ0v) is 63.3. The molecule has 519 valence electrons. The Hall–Kier alpha value is -10.2. The Labute approximate surface area is 670 Å². The summed E-state index contributed by atoms with van der Waals surface area (Å²) in [6, 6.07) is 106. The fourth-order valence-electron chi connectivity index (χ4n) is 9.81. The van der Waals surface area contributed by atoms with Gasteiger partial charge >= 0.3 is 0 Å². The number of aromatic nitrogens is 6. The van der Waals surface area contributed by atoms with Gasteiger partial charge in [-0.3, -0.25) is 0 Å². The van der Waals surface area contributed by atoms with E-state index in [9.17, 15) is 4.39 Å². The average Bonchev–Trinajstić information content (AvgIpc) is 0.751. The summed E-state index contributed by atoms with van der Waals surface area (Å²) in [7, 11) is 0. The first-order valence-electron chi connectivity index (χ1n) is 39.4. The van der Waals surface area contributed by atoms with Crippen LogP contribution < -0.4 is 0 Å². The van der Waals surface area contributed by atoms with E-state index in [4.69, 9.17) is 20.6 Å². The summed E-state index contributed by atoms with van der Waals surface area (Å²) in [6.07, 6.45) is 7.10. The fourth-order valence-corrected chi connectivity index (χ4v) is 9.81. The third kappa shape index (κ3) is 25.4. The number of pyridine rings is 6. The van der Waals surface area contributed by atoms with Crippen LogP contribution in [0.15, 0.2) is 322 Å². The van der Waals surface area contributed by atoms with E-state index < -0.39 is 39.7 Å². The number of rotatable bonds is 11. The molecule has 1 unspecified atom stereocenters. The third-order valence-corrected chi connectivity index (χ3v) is 14.9. The molecule has 0 saturated carbocycles. The molecule has 9 aromatic carbocycles. The second kappa shape index (κ2) is 42.2. The van der Waals surface area contributed by atoms with Gasteiger partial charge in [0.05, 0.1) is 0 Å². The minimum atomic E-state index is -2.76. The van der Waals surface area contributed by atoms with Gasteiger partial charge in [0.1, 0.15) is 5.82 Å². The maximum Gasteiger partial charge on any atom is 0.126 e. The van der Waals surface area contributed by atoms with Gasteiger partial charge < -0.3 is 29.9 Å². The Morgan fingerprint density at radius 3 is 0.990 bits per heavy atom. The van der Waals surface area contributed by atoms with Crippen molar-refractivity contribution >= 4 is 0 Å². The maximum absolute atomic E-state index is 13.3. The van der Waals surface area contributed by atoms with Crippen molar-refractivity contribution in [1.82, 2.24) is 29.9 Å². The summed E-state index contributed by atoms with van der Waals surface area (Å²) >= 11 is 0. The van der Waals surface area contributed by atoms with Crippen LogP contribution in [0.25, 0.3) is 101 Å². The van der Waals surface area contributed by atoms with Crippen molar-refractivity contribution in [3.8, 4) is 101 Å². The number of aryl methyl sites for hydroxylation is 5. The van der Waals surface area contributed by atoms with Crippen molar-refractivity contribution in [2.75, 3.05) is 0 Å². The van der Waals surface area contributed by atoms with Crippen molar-refractivity contribution in [2.24, 2.45) is 5.89 Å². The van der Waals surface area contributed by atoms with Crippen molar-refractivity contribution in [2.45, 2.75) is 54.6 Å². The first kappa shape index (κ1) is 60.3. The molecule has 10 heteroatoms. The molecule has 1 atom stereocenters. The third-order valence-electron chi connectivity index (χ3n) is 14.9. The van der Waals surface area contributed by atoms with E-state index in [1.54, 1.807) is 92.1 Å². The molecule has 0 aliphatic heterocycles. The number of halogens is 1. The summed E-state index contributed by atoms with van der Waals surface area (Å²) in [5, 5.41) is 0. The predicted octanol–water partition coefficient (Wildman–Crippen LogP) is 23.2. The Morgan fingerprint density at radius 1 is 0.340 bits per heavy atom. The van der Waals surface area contributed by atoms with E-state index in [-0.39, 0.29) is 88.4 Å². The van der Waals surface area contributed by atoms with E-state index >= 15 is 0 Å². The average molecular weight is 1890 g/mol. The van der Waals surface area contributed by atoms with Gasteiger partial charge in [-0.15, -0.1) is 215 Å². The molecule has 0 N–H and O–H groups in total. The number of hydrogen-bond acceptors (Lipinski definition) is 6. The zero-order chi connectivity index (χ0) is 82.4. The zero-order valence-electron chi connectivity index (χ0n) is 71.2. The van der Waals surface area contributed by atoms with Crippen LogP contribution >= 0.6 is 0 Å². The number of nitrogens with zero attached hydrogens (tertiary/aromatic N) is 6. The van der Waals surface area contributed by atoms with Crippen molar-refractivity contribution in [3.05, 3.63) is 398 Å². The number of hydrogen-bond donors (Lipinski definition) is 0. The Morgan fingerprint density at radius 2 is 0.670 bits per heavy atom. The van der Waals surface area contributed by atoms with Gasteiger partial charge in [0, 0.05) is 118 Å². The van der Waals surface area contributed by atoms with E-state index in [1.807, 2.05) is 176 Å². The van der Waals surface area contributed by atoms with Crippen molar-refractivity contribution in [3.63, 3.8) is 0 Å². The Bertz CT molecular complexity index is 5330. The normalized spacial score (nSPS) is 13.4. The first-order valence-corrected chi connectivity index (χ1v) is 31.9. The smallest absolute Gasteiger partial charge is 0.126 e. The van der Waals surface area contributed by atoms with Gasteiger partial charge in [-0.25, -0.2) is 4.39 Å². The summed E-state index contributed by atoms with van der Waals surface area (Å²) in [4.78, 5) is 25.5. The van der Waals surface area contributed by atoms with Gasteiger partial charge in [0.15, 0.2) is 0 Å². The Kier molecular flexibility index (Phi) is 24.8. The minimum Gasteiger partial charge on any atom is -0.305 e.